The Morgan fingerprint density at radius 1 is 1.16 bits per heavy atom. The molecule has 1 heterocycles. The Morgan fingerprint density at radius 3 is 2.42 bits per heavy atom. The second-order valence-electron chi connectivity index (χ2n) is 8.74. The number of carbonyl (C=O) groups is 1. The van der Waals surface area contributed by atoms with Crippen molar-refractivity contribution >= 4 is 6.09 Å². The molecule has 0 aliphatic carbocycles. The predicted octanol–water partition coefficient (Wildman–Crippen LogP) is 5.87. The minimum Gasteiger partial charge on any atom is -0.444 e. The SMILES string of the molecule is C=CCC[C@@H](OCc1ccccc1)[C@H]1OC[C@@H](c2ccccc2)N1C(=O)OC(C)(C)C. The van der Waals surface area contributed by atoms with Gasteiger partial charge in [0.05, 0.1) is 19.3 Å². The highest BCUT2D eigenvalue weighted by Gasteiger charge is 2.45. The molecule has 1 fully saturated rings. The fraction of sp³-hybridized carbons (Fsp3) is 0.423. The van der Waals surface area contributed by atoms with Crippen molar-refractivity contribution in [2.45, 2.75) is 64.2 Å². The minimum absolute atomic E-state index is 0.229. The van der Waals surface area contributed by atoms with Gasteiger partial charge in [0.2, 0.25) is 0 Å². The monoisotopic (exact) mass is 423 g/mol. The number of rotatable bonds is 8. The lowest BCUT2D eigenvalue weighted by atomic mass is 10.1. The Kier molecular flexibility index (Phi) is 7.88. The number of ether oxygens (including phenoxy) is 3. The maximum Gasteiger partial charge on any atom is 0.413 e. The Hall–Kier alpha value is -2.63. The van der Waals surface area contributed by atoms with Gasteiger partial charge in [-0.05, 0) is 44.7 Å². The van der Waals surface area contributed by atoms with E-state index in [9.17, 15) is 4.79 Å². The van der Waals surface area contributed by atoms with Crippen LogP contribution in [-0.4, -0.2) is 35.5 Å². The van der Waals surface area contributed by atoms with E-state index >= 15 is 0 Å². The Morgan fingerprint density at radius 2 is 1.81 bits per heavy atom. The number of hydrogen-bond acceptors (Lipinski definition) is 4. The van der Waals surface area contributed by atoms with Crippen molar-refractivity contribution in [2.24, 2.45) is 0 Å². The van der Waals surface area contributed by atoms with Crippen LogP contribution in [0.25, 0.3) is 0 Å². The number of amides is 1. The maximum atomic E-state index is 13.3. The van der Waals surface area contributed by atoms with E-state index in [1.807, 2.05) is 87.5 Å². The summed E-state index contributed by atoms with van der Waals surface area (Å²) in [5.41, 5.74) is 1.49. The summed E-state index contributed by atoms with van der Waals surface area (Å²) in [6.45, 7) is 10.3. The van der Waals surface area contributed by atoms with Gasteiger partial charge in [-0.1, -0.05) is 66.7 Å². The fourth-order valence-corrected chi connectivity index (χ4v) is 3.66. The maximum absolute atomic E-state index is 13.3. The first-order valence-corrected chi connectivity index (χ1v) is 10.8. The average molecular weight is 424 g/mol. The first-order valence-electron chi connectivity index (χ1n) is 10.8. The number of hydrogen-bond donors (Lipinski definition) is 0. The largest absolute Gasteiger partial charge is 0.444 e. The molecule has 0 bridgehead atoms. The normalized spacial score (nSPS) is 19.8. The van der Waals surface area contributed by atoms with Crippen molar-refractivity contribution < 1.29 is 19.0 Å². The molecule has 2 aromatic rings. The predicted molar refractivity (Wildman–Crippen MR) is 121 cm³/mol. The molecule has 1 aliphatic heterocycles. The van der Waals surface area contributed by atoms with Crippen LogP contribution in [-0.2, 0) is 20.8 Å². The molecule has 1 amide bonds. The van der Waals surface area contributed by atoms with Crippen LogP contribution in [0.15, 0.2) is 73.3 Å². The molecule has 0 N–H and O–H groups in total. The van der Waals surface area contributed by atoms with Gasteiger partial charge in [-0.2, -0.15) is 0 Å². The molecule has 5 heteroatoms. The molecular formula is C26H33NO4. The summed E-state index contributed by atoms with van der Waals surface area (Å²) < 4.78 is 18.2. The highest BCUT2D eigenvalue weighted by atomic mass is 16.6. The molecule has 0 aromatic heterocycles. The van der Waals surface area contributed by atoms with E-state index in [-0.39, 0.29) is 12.1 Å². The van der Waals surface area contributed by atoms with Gasteiger partial charge in [0.1, 0.15) is 11.7 Å². The van der Waals surface area contributed by atoms with E-state index < -0.39 is 17.9 Å². The van der Waals surface area contributed by atoms with Crippen LogP contribution >= 0.6 is 0 Å². The topological polar surface area (TPSA) is 48.0 Å². The van der Waals surface area contributed by atoms with E-state index in [1.54, 1.807) is 4.90 Å². The van der Waals surface area contributed by atoms with Gasteiger partial charge in [0.15, 0.2) is 6.23 Å². The lowest BCUT2D eigenvalue weighted by Gasteiger charge is -2.34. The van der Waals surface area contributed by atoms with E-state index in [0.29, 0.717) is 19.6 Å². The molecule has 0 saturated carbocycles. The first-order chi connectivity index (χ1) is 14.9. The van der Waals surface area contributed by atoms with Gasteiger partial charge < -0.3 is 14.2 Å². The number of nitrogens with zero attached hydrogens (tertiary/aromatic N) is 1. The molecule has 3 atom stereocenters. The van der Waals surface area contributed by atoms with Crippen molar-refractivity contribution in [3.8, 4) is 0 Å². The van der Waals surface area contributed by atoms with Gasteiger partial charge in [-0.25, -0.2) is 4.79 Å². The van der Waals surface area contributed by atoms with Crippen LogP contribution in [0, 0.1) is 0 Å². The summed E-state index contributed by atoms with van der Waals surface area (Å²) in [4.78, 5) is 15.0. The number of allylic oxidation sites excluding steroid dienone is 1. The van der Waals surface area contributed by atoms with Crippen LogP contribution < -0.4 is 0 Å². The number of benzene rings is 2. The summed E-state index contributed by atoms with van der Waals surface area (Å²) in [7, 11) is 0. The molecule has 1 aliphatic rings. The second kappa shape index (κ2) is 10.6. The highest BCUT2D eigenvalue weighted by molar-refractivity contribution is 5.69. The van der Waals surface area contributed by atoms with E-state index in [1.165, 1.54) is 0 Å². The zero-order valence-corrected chi connectivity index (χ0v) is 18.7. The average Bonchev–Trinajstić information content (AvgIpc) is 3.19. The lowest BCUT2D eigenvalue weighted by Crippen LogP contribution is -2.47. The fourth-order valence-electron chi connectivity index (χ4n) is 3.66. The highest BCUT2D eigenvalue weighted by Crippen LogP contribution is 2.35. The molecule has 0 spiro atoms. The third-order valence-corrected chi connectivity index (χ3v) is 5.10. The summed E-state index contributed by atoms with van der Waals surface area (Å²) in [5, 5.41) is 0. The molecule has 3 rings (SSSR count). The molecule has 1 saturated heterocycles. The van der Waals surface area contributed by atoms with Gasteiger partial charge >= 0.3 is 6.09 Å². The smallest absolute Gasteiger partial charge is 0.413 e. The van der Waals surface area contributed by atoms with Crippen LogP contribution in [0.4, 0.5) is 4.79 Å². The summed E-state index contributed by atoms with van der Waals surface area (Å²) in [5.74, 6) is 0. The van der Waals surface area contributed by atoms with Crippen LogP contribution in [0.3, 0.4) is 0 Å². The lowest BCUT2D eigenvalue weighted by molar-refractivity contribution is -0.105. The third-order valence-electron chi connectivity index (χ3n) is 5.10. The summed E-state index contributed by atoms with van der Waals surface area (Å²) >= 11 is 0. The van der Waals surface area contributed by atoms with Crippen molar-refractivity contribution in [3.63, 3.8) is 0 Å². The Bertz CT molecular complexity index is 831. The molecule has 31 heavy (non-hydrogen) atoms. The standard InChI is InChI=1S/C26H33NO4/c1-5-6-17-23(29-18-20-13-9-7-10-14-20)24-27(25(28)31-26(2,3)4)22(19-30-24)21-15-11-8-12-16-21/h5,7-16,22-24H,1,6,17-19H2,2-4H3/t22-,23+,24+/m0/s1. The van der Waals surface area contributed by atoms with Crippen LogP contribution in [0.5, 0.6) is 0 Å². The van der Waals surface area contributed by atoms with Gasteiger partial charge in [-0.15, -0.1) is 6.58 Å². The molecule has 166 valence electrons. The van der Waals surface area contributed by atoms with E-state index in [0.717, 1.165) is 17.5 Å². The third kappa shape index (κ3) is 6.42. The van der Waals surface area contributed by atoms with Gasteiger partial charge in [0, 0.05) is 0 Å². The van der Waals surface area contributed by atoms with Crippen molar-refractivity contribution in [2.75, 3.05) is 6.61 Å². The molecule has 5 nitrogen and oxygen atoms in total. The summed E-state index contributed by atoms with van der Waals surface area (Å²) in [6, 6.07) is 19.7. The van der Waals surface area contributed by atoms with Crippen LogP contribution in [0.1, 0.15) is 50.8 Å². The quantitative estimate of drug-likeness (QED) is 0.498. The van der Waals surface area contributed by atoms with Crippen molar-refractivity contribution in [1.29, 1.82) is 0 Å². The molecule has 2 aromatic carbocycles. The molecule has 0 unspecified atom stereocenters. The van der Waals surface area contributed by atoms with Crippen molar-refractivity contribution in [3.05, 3.63) is 84.4 Å². The minimum atomic E-state index is -0.604. The van der Waals surface area contributed by atoms with E-state index in [2.05, 4.69) is 6.58 Å². The zero-order chi connectivity index (χ0) is 22.3. The number of carbonyl (C=O) groups excluding carboxylic acids is 1. The first kappa shape index (κ1) is 23.0. The van der Waals surface area contributed by atoms with Gasteiger partial charge in [0.25, 0.3) is 0 Å². The second-order valence-corrected chi connectivity index (χ2v) is 8.74. The van der Waals surface area contributed by atoms with Gasteiger partial charge in [-0.3, -0.25) is 4.90 Å². The van der Waals surface area contributed by atoms with Crippen LogP contribution in [0.2, 0.25) is 0 Å². The van der Waals surface area contributed by atoms with Crippen molar-refractivity contribution in [1.82, 2.24) is 4.90 Å². The summed E-state index contributed by atoms with van der Waals surface area (Å²) in [6.07, 6.45) is 2.08. The zero-order valence-electron chi connectivity index (χ0n) is 18.7. The molecular weight excluding hydrogens is 390 g/mol. The molecule has 0 radical (unpaired) electrons. The Labute approximate surface area is 185 Å². The Balaban J connectivity index is 1.85. The van der Waals surface area contributed by atoms with E-state index in [4.69, 9.17) is 14.2 Å².